The summed E-state index contributed by atoms with van der Waals surface area (Å²) in [6.45, 7) is 1.08. The van der Waals surface area contributed by atoms with Gasteiger partial charge in [-0.15, -0.1) is 0 Å². The summed E-state index contributed by atoms with van der Waals surface area (Å²) in [4.78, 5) is 14.5. The molecule has 4 nitrogen and oxygen atoms in total. The van der Waals surface area contributed by atoms with Crippen molar-refractivity contribution in [2.24, 2.45) is 0 Å². The first-order valence-electron chi connectivity index (χ1n) is 8.81. The lowest BCUT2D eigenvalue weighted by Gasteiger charge is -2.60. The fourth-order valence-corrected chi connectivity index (χ4v) is 4.76. The van der Waals surface area contributed by atoms with Gasteiger partial charge in [0.25, 0.3) is 0 Å². The first-order valence-corrected chi connectivity index (χ1v) is 8.81. The van der Waals surface area contributed by atoms with Crippen LogP contribution in [-0.2, 0) is 9.53 Å². The summed E-state index contributed by atoms with van der Waals surface area (Å²) in [5.41, 5.74) is 2.36. The summed E-state index contributed by atoms with van der Waals surface area (Å²) < 4.78 is 11.1. The van der Waals surface area contributed by atoms with Gasteiger partial charge in [-0.25, -0.2) is 4.79 Å². The van der Waals surface area contributed by atoms with Gasteiger partial charge in [-0.05, 0) is 43.7 Å². The third-order valence-corrected chi connectivity index (χ3v) is 5.81. The third kappa shape index (κ3) is 1.96. The minimum atomic E-state index is -0.462. The minimum absolute atomic E-state index is 0.158. The molecule has 0 amide bonds. The van der Waals surface area contributed by atoms with E-state index in [0.29, 0.717) is 6.04 Å². The van der Waals surface area contributed by atoms with Crippen LogP contribution in [0.5, 0.6) is 5.75 Å². The van der Waals surface area contributed by atoms with E-state index in [1.807, 2.05) is 24.3 Å². The van der Waals surface area contributed by atoms with Gasteiger partial charge in [0.1, 0.15) is 5.75 Å². The lowest BCUT2D eigenvalue weighted by molar-refractivity contribution is -0.194. The molecule has 1 aromatic rings. The maximum absolute atomic E-state index is 12.0. The predicted molar refractivity (Wildman–Crippen MR) is 93.0 cm³/mol. The Balaban J connectivity index is 1.51. The quantitative estimate of drug-likeness (QED) is 0.584. The smallest absolute Gasteiger partial charge is 0.332 e. The molecule has 1 unspecified atom stereocenters. The number of nitrogens with zero attached hydrogens (tertiary/aromatic N) is 1. The van der Waals surface area contributed by atoms with Gasteiger partial charge >= 0.3 is 5.97 Å². The highest BCUT2D eigenvalue weighted by atomic mass is 16.6. The molecule has 0 N–H and O–H groups in total. The molecule has 0 radical (unpaired) electrons. The molecule has 0 aromatic heterocycles. The second kappa shape index (κ2) is 5.24. The molecule has 3 aliphatic heterocycles. The largest absolute Gasteiger partial charge is 0.497 e. The number of hydrogen-bond acceptors (Lipinski definition) is 4. The zero-order valence-corrected chi connectivity index (χ0v) is 14.1. The van der Waals surface area contributed by atoms with Crippen LogP contribution >= 0.6 is 0 Å². The number of carbonyl (C=O) groups excluding carboxylic acids is 1. The molecular weight excluding hydrogens is 314 g/mol. The van der Waals surface area contributed by atoms with Crippen LogP contribution in [0.15, 0.2) is 47.6 Å². The van der Waals surface area contributed by atoms with Crippen LogP contribution < -0.4 is 4.74 Å². The molecule has 0 bridgehead atoms. The topological polar surface area (TPSA) is 38.8 Å². The van der Waals surface area contributed by atoms with E-state index in [0.717, 1.165) is 35.4 Å². The maximum Gasteiger partial charge on any atom is 0.332 e. The van der Waals surface area contributed by atoms with E-state index in [2.05, 4.69) is 22.8 Å². The number of benzene rings is 1. The highest BCUT2D eigenvalue weighted by molar-refractivity contribution is 5.91. The molecule has 1 aliphatic carbocycles. The van der Waals surface area contributed by atoms with Crippen LogP contribution in [0.2, 0.25) is 0 Å². The molecule has 0 saturated carbocycles. The van der Waals surface area contributed by atoms with Gasteiger partial charge < -0.3 is 9.47 Å². The van der Waals surface area contributed by atoms with E-state index in [1.54, 1.807) is 13.2 Å². The molecule has 4 aliphatic rings. The van der Waals surface area contributed by atoms with Crippen LogP contribution in [0, 0.1) is 11.8 Å². The Kier molecular flexibility index (Phi) is 3.10. The highest BCUT2D eigenvalue weighted by Gasteiger charge is 2.69. The van der Waals surface area contributed by atoms with Crippen molar-refractivity contribution in [3.05, 3.63) is 53.1 Å². The summed E-state index contributed by atoms with van der Waals surface area (Å²) in [5, 5.41) is 0. The van der Waals surface area contributed by atoms with Gasteiger partial charge in [0, 0.05) is 22.8 Å². The van der Waals surface area contributed by atoms with Crippen LogP contribution in [0.25, 0.3) is 0 Å². The molecule has 2 saturated heterocycles. The summed E-state index contributed by atoms with van der Waals surface area (Å²) in [7, 11) is 1.65. The van der Waals surface area contributed by atoms with E-state index in [4.69, 9.17) is 9.47 Å². The third-order valence-electron chi connectivity index (χ3n) is 5.81. The average Bonchev–Trinajstić information content (AvgIpc) is 3.12. The molecular formula is C21H19NO3. The van der Waals surface area contributed by atoms with Gasteiger partial charge in [0.15, 0.2) is 5.60 Å². The molecule has 3 heterocycles. The minimum Gasteiger partial charge on any atom is -0.497 e. The first kappa shape index (κ1) is 14.8. The zero-order chi connectivity index (χ0) is 17.0. The Morgan fingerprint density at radius 1 is 1.32 bits per heavy atom. The molecule has 4 heteroatoms. The Morgan fingerprint density at radius 2 is 2.24 bits per heavy atom. The Bertz CT molecular complexity index is 888. The van der Waals surface area contributed by atoms with Crippen molar-refractivity contribution < 1.29 is 14.3 Å². The number of fused-ring (bicyclic) bond motifs is 2. The van der Waals surface area contributed by atoms with E-state index in [9.17, 15) is 4.79 Å². The number of methoxy groups -OCH3 is 1. The zero-order valence-electron chi connectivity index (χ0n) is 14.1. The molecule has 126 valence electrons. The molecule has 5 rings (SSSR count). The first-order chi connectivity index (χ1) is 12.2. The van der Waals surface area contributed by atoms with Crippen LogP contribution in [-0.4, -0.2) is 42.2 Å². The lowest BCUT2D eigenvalue weighted by atomic mass is 9.70. The van der Waals surface area contributed by atoms with Gasteiger partial charge in [-0.2, -0.15) is 0 Å². The van der Waals surface area contributed by atoms with Crippen LogP contribution in [0.3, 0.4) is 0 Å². The molecule has 25 heavy (non-hydrogen) atoms. The van der Waals surface area contributed by atoms with Crippen molar-refractivity contribution in [1.29, 1.82) is 0 Å². The standard InChI is InChI=1S/C21H19NO3/c1-24-16-6-4-5-14(11-16)8-9-15-12-19-21(17(15)13-20(23)25-21)18-7-2-3-10-22(18)19/h4-6,11-13,18-19H,2-3,7,10H2,1H3/t18-,19-,21?/m1/s1. The van der Waals surface area contributed by atoms with E-state index in [-0.39, 0.29) is 12.0 Å². The number of ether oxygens (including phenoxy) is 2. The van der Waals surface area contributed by atoms with Crippen molar-refractivity contribution in [3.8, 4) is 17.6 Å². The molecule has 1 spiro atoms. The van der Waals surface area contributed by atoms with Crippen molar-refractivity contribution in [2.75, 3.05) is 13.7 Å². The second-order valence-corrected chi connectivity index (χ2v) is 7.03. The lowest BCUT2D eigenvalue weighted by Crippen LogP contribution is -2.76. The molecule has 2 fully saturated rings. The van der Waals surface area contributed by atoms with Gasteiger partial charge in [0.2, 0.25) is 0 Å². The number of esters is 1. The van der Waals surface area contributed by atoms with E-state index in [1.165, 1.54) is 12.8 Å². The molecule has 3 atom stereocenters. The average molecular weight is 333 g/mol. The Labute approximate surface area is 147 Å². The summed E-state index contributed by atoms with van der Waals surface area (Å²) in [5.74, 6) is 7.05. The van der Waals surface area contributed by atoms with Gasteiger partial charge in [-0.1, -0.05) is 24.3 Å². The van der Waals surface area contributed by atoms with E-state index >= 15 is 0 Å². The Hall–Kier alpha value is -2.51. The van der Waals surface area contributed by atoms with Gasteiger partial charge in [0.05, 0.1) is 19.2 Å². The number of rotatable bonds is 1. The second-order valence-electron chi connectivity index (χ2n) is 7.03. The molecule has 1 aromatic carbocycles. The monoisotopic (exact) mass is 333 g/mol. The SMILES string of the molecule is COc1cccc(C#CC2=C[C@H]3N4CCCC[C@@H]4C34OC(=O)C=C24)c1. The fraction of sp³-hybridized carbons (Fsp3) is 0.381. The number of carbonyl (C=O) groups is 1. The fourth-order valence-electron chi connectivity index (χ4n) is 4.76. The number of hydrogen-bond donors (Lipinski definition) is 0. The predicted octanol–water partition coefficient (Wildman–Crippen LogP) is 2.45. The van der Waals surface area contributed by atoms with Crippen molar-refractivity contribution >= 4 is 5.97 Å². The number of piperidine rings is 1. The van der Waals surface area contributed by atoms with Gasteiger partial charge in [-0.3, -0.25) is 4.90 Å². The van der Waals surface area contributed by atoms with Crippen LogP contribution in [0.1, 0.15) is 24.8 Å². The summed E-state index contributed by atoms with van der Waals surface area (Å²) in [6, 6.07) is 8.18. The van der Waals surface area contributed by atoms with Crippen molar-refractivity contribution in [3.63, 3.8) is 0 Å². The summed E-state index contributed by atoms with van der Waals surface area (Å²) >= 11 is 0. The normalized spacial score (nSPS) is 32.1. The highest BCUT2D eigenvalue weighted by Crippen LogP contribution is 2.57. The van der Waals surface area contributed by atoms with Crippen LogP contribution in [0.4, 0.5) is 0 Å². The maximum atomic E-state index is 12.0. The van der Waals surface area contributed by atoms with E-state index < -0.39 is 5.60 Å². The Morgan fingerprint density at radius 3 is 3.12 bits per heavy atom. The summed E-state index contributed by atoms with van der Waals surface area (Å²) in [6.07, 6.45) is 7.34. The van der Waals surface area contributed by atoms with Crippen molar-refractivity contribution in [2.45, 2.75) is 36.9 Å². The van der Waals surface area contributed by atoms with Crippen molar-refractivity contribution in [1.82, 2.24) is 4.90 Å².